The predicted octanol–water partition coefficient (Wildman–Crippen LogP) is 5.78. The molecule has 0 saturated carbocycles. The molecular weight excluding hydrogens is 377 g/mol. The number of amides is 1. The minimum Gasteiger partial charge on any atom is -0.397 e. The van der Waals surface area contributed by atoms with Crippen LogP contribution in [0.5, 0.6) is 0 Å². The maximum atomic E-state index is 12.6. The smallest absolute Gasteiger partial charge is 0.267 e. The number of fused-ring (bicyclic) bond motifs is 1. The molecule has 0 bridgehead atoms. The van der Waals surface area contributed by atoms with Crippen molar-refractivity contribution in [3.63, 3.8) is 0 Å². The van der Waals surface area contributed by atoms with Gasteiger partial charge in [-0.25, -0.2) is 4.98 Å². The standard InChI is InChI=1S/C18H17Cl2N3OS/c1-2-3-4-11-6-7-12-15(21)16(25-18(12)22-11)17(24)23-14-8-5-10(19)9-13(14)20/h5-9H,2-4,21H2,1H3,(H,23,24). The van der Waals surface area contributed by atoms with Crippen LogP contribution in [0, 0.1) is 0 Å². The monoisotopic (exact) mass is 393 g/mol. The van der Waals surface area contributed by atoms with Crippen molar-refractivity contribution >= 4 is 62.0 Å². The number of aromatic nitrogens is 1. The highest BCUT2D eigenvalue weighted by atomic mass is 35.5. The summed E-state index contributed by atoms with van der Waals surface area (Å²) >= 11 is 13.3. The number of hydrogen-bond donors (Lipinski definition) is 2. The molecule has 4 nitrogen and oxygen atoms in total. The SMILES string of the molecule is CCCCc1ccc2c(N)c(C(=O)Nc3ccc(Cl)cc3Cl)sc2n1. The van der Waals surface area contributed by atoms with Crippen molar-refractivity contribution in [1.82, 2.24) is 4.98 Å². The van der Waals surface area contributed by atoms with E-state index in [4.69, 9.17) is 28.9 Å². The van der Waals surface area contributed by atoms with Gasteiger partial charge in [0.15, 0.2) is 0 Å². The van der Waals surface area contributed by atoms with Crippen molar-refractivity contribution in [3.05, 3.63) is 50.9 Å². The number of thiophene rings is 1. The lowest BCUT2D eigenvalue weighted by Gasteiger charge is -2.06. The maximum absolute atomic E-state index is 12.6. The van der Waals surface area contributed by atoms with E-state index in [-0.39, 0.29) is 5.91 Å². The average molecular weight is 394 g/mol. The molecule has 2 heterocycles. The zero-order valence-corrected chi connectivity index (χ0v) is 15.9. The first kappa shape index (κ1) is 18.0. The van der Waals surface area contributed by atoms with E-state index < -0.39 is 0 Å². The summed E-state index contributed by atoms with van der Waals surface area (Å²) in [6, 6.07) is 8.81. The van der Waals surface area contributed by atoms with E-state index in [1.807, 2.05) is 12.1 Å². The molecule has 1 aromatic carbocycles. The Hall–Kier alpha value is -1.82. The fourth-order valence-electron chi connectivity index (χ4n) is 2.47. The van der Waals surface area contributed by atoms with Gasteiger partial charge in [0, 0.05) is 16.1 Å². The Morgan fingerprint density at radius 3 is 2.80 bits per heavy atom. The molecule has 0 aliphatic carbocycles. The molecule has 0 saturated heterocycles. The second kappa shape index (κ2) is 7.60. The number of hydrogen-bond acceptors (Lipinski definition) is 4. The van der Waals surface area contributed by atoms with Gasteiger partial charge in [0.2, 0.25) is 0 Å². The van der Waals surface area contributed by atoms with E-state index in [0.717, 1.165) is 35.2 Å². The van der Waals surface area contributed by atoms with Crippen LogP contribution in [-0.2, 0) is 6.42 Å². The molecule has 2 aromatic heterocycles. The van der Waals surface area contributed by atoms with Gasteiger partial charge in [-0.1, -0.05) is 36.5 Å². The molecule has 0 aliphatic rings. The van der Waals surface area contributed by atoms with E-state index in [2.05, 4.69) is 17.2 Å². The quantitative estimate of drug-likeness (QED) is 0.576. The number of nitrogens with one attached hydrogen (secondary N) is 1. The first-order chi connectivity index (χ1) is 12.0. The predicted molar refractivity (Wildman–Crippen MR) is 107 cm³/mol. The molecule has 130 valence electrons. The van der Waals surface area contributed by atoms with Gasteiger partial charge in [0.05, 0.1) is 16.4 Å². The number of nitrogen functional groups attached to an aromatic ring is 1. The minimum atomic E-state index is -0.306. The third-order valence-corrected chi connectivity index (χ3v) is 5.49. The number of nitrogens with zero attached hydrogens (tertiary/aromatic N) is 1. The number of aryl methyl sites for hydroxylation is 1. The van der Waals surface area contributed by atoms with Gasteiger partial charge >= 0.3 is 0 Å². The molecule has 3 aromatic rings. The van der Waals surface area contributed by atoms with Crippen LogP contribution in [0.4, 0.5) is 11.4 Å². The topological polar surface area (TPSA) is 68.0 Å². The Balaban J connectivity index is 1.89. The van der Waals surface area contributed by atoms with Crippen molar-refractivity contribution in [3.8, 4) is 0 Å². The number of unbranched alkanes of at least 4 members (excludes halogenated alkanes) is 1. The van der Waals surface area contributed by atoms with Crippen molar-refractivity contribution < 1.29 is 4.79 Å². The number of nitrogens with two attached hydrogens (primary N) is 1. The van der Waals surface area contributed by atoms with Crippen LogP contribution < -0.4 is 11.1 Å². The van der Waals surface area contributed by atoms with Crippen molar-refractivity contribution in [2.45, 2.75) is 26.2 Å². The zero-order valence-electron chi connectivity index (χ0n) is 13.6. The van der Waals surface area contributed by atoms with Crippen LogP contribution >= 0.6 is 34.5 Å². The van der Waals surface area contributed by atoms with Gasteiger partial charge in [-0.15, -0.1) is 11.3 Å². The number of carbonyl (C=O) groups excluding carboxylic acids is 1. The summed E-state index contributed by atoms with van der Waals surface area (Å²) in [6.45, 7) is 2.14. The van der Waals surface area contributed by atoms with E-state index in [1.54, 1.807) is 18.2 Å². The number of benzene rings is 1. The van der Waals surface area contributed by atoms with Gasteiger partial charge in [0.25, 0.3) is 5.91 Å². The molecule has 25 heavy (non-hydrogen) atoms. The van der Waals surface area contributed by atoms with E-state index in [9.17, 15) is 4.79 Å². The first-order valence-corrected chi connectivity index (χ1v) is 9.51. The van der Waals surface area contributed by atoms with Crippen LogP contribution in [0.2, 0.25) is 10.0 Å². The minimum absolute atomic E-state index is 0.306. The van der Waals surface area contributed by atoms with E-state index >= 15 is 0 Å². The highest BCUT2D eigenvalue weighted by Crippen LogP contribution is 2.34. The summed E-state index contributed by atoms with van der Waals surface area (Å²) in [5.74, 6) is -0.306. The molecule has 3 N–H and O–H groups in total. The van der Waals surface area contributed by atoms with Gasteiger partial charge in [-0.3, -0.25) is 4.79 Å². The number of carbonyl (C=O) groups is 1. The lowest BCUT2D eigenvalue weighted by atomic mass is 10.1. The normalized spacial score (nSPS) is 11.0. The van der Waals surface area contributed by atoms with Gasteiger partial charge < -0.3 is 11.1 Å². The summed E-state index contributed by atoms with van der Waals surface area (Å²) < 4.78 is 0. The Kier molecular flexibility index (Phi) is 5.47. The summed E-state index contributed by atoms with van der Waals surface area (Å²) in [7, 11) is 0. The molecule has 0 atom stereocenters. The van der Waals surface area contributed by atoms with E-state index in [1.165, 1.54) is 11.3 Å². The summed E-state index contributed by atoms with van der Waals surface area (Å²) in [6.07, 6.45) is 3.12. The maximum Gasteiger partial charge on any atom is 0.267 e. The first-order valence-electron chi connectivity index (χ1n) is 7.94. The third kappa shape index (κ3) is 3.89. The number of anilines is 2. The number of rotatable bonds is 5. The fourth-order valence-corrected chi connectivity index (χ4v) is 3.93. The van der Waals surface area contributed by atoms with Crippen LogP contribution in [0.25, 0.3) is 10.2 Å². The Morgan fingerprint density at radius 1 is 1.28 bits per heavy atom. The third-order valence-electron chi connectivity index (χ3n) is 3.82. The highest BCUT2D eigenvalue weighted by molar-refractivity contribution is 7.21. The van der Waals surface area contributed by atoms with Crippen LogP contribution in [0.15, 0.2) is 30.3 Å². The second-order valence-electron chi connectivity index (χ2n) is 5.68. The Bertz CT molecular complexity index is 939. The molecule has 0 spiro atoms. The second-order valence-corrected chi connectivity index (χ2v) is 7.52. The molecule has 1 amide bonds. The molecule has 0 aliphatic heterocycles. The van der Waals surface area contributed by atoms with Gasteiger partial charge in [0.1, 0.15) is 9.71 Å². The molecule has 0 unspecified atom stereocenters. The molecular formula is C18H17Cl2N3OS. The molecule has 0 radical (unpaired) electrons. The molecule has 7 heteroatoms. The van der Waals surface area contributed by atoms with Crippen molar-refractivity contribution in [1.29, 1.82) is 0 Å². The number of halogens is 2. The van der Waals surface area contributed by atoms with Crippen molar-refractivity contribution in [2.75, 3.05) is 11.1 Å². The van der Waals surface area contributed by atoms with Crippen LogP contribution in [-0.4, -0.2) is 10.9 Å². The number of pyridine rings is 1. The van der Waals surface area contributed by atoms with Gasteiger partial charge in [-0.2, -0.15) is 0 Å². The lowest BCUT2D eigenvalue weighted by Crippen LogP contribution is -2.12. The Labute approximate surface area is 160 Å². The molecule has 0 fully saturated rings. The summed E-state index contributed by atoms with van der Waals surface area (Å²) in [5, 5.41) is 4.46. The fraction of sp³-hybridized carbons (Fsp3) is 0.222. The summed E-state index contributed by atoms with van der Waals surface area (Å²) in [5.41, 5.74) is 8.11. The van der Waals surface area contributed by atoms with Crippen LogP contribution in [0.3, 0.4) is 0 Å². The van der Waals surface area contributed by atoms with Crippen molar-refractivity contribution in [2.24, 2.45) is 0 Å². The highest BCUT2D eigenvalue weighted by Gasteiger charge is 2.18. The van der Waals surface area contributed by atoms with E-state index in [0.29, 0.717) is 26.3 Å². The average Bonchev–Trinajstić information content (AvgIpc) is 2.92. The lowest BCUT2D eigenvalue weighted by molar-refractivity contribution is 0.103. The van der Waals surface area contributed by atoms with Gasteiger partial charge in [-0.05, 0) is 43.2 Å². The van der Waals surface area contributed by atoms with Crippen LogP contribution in [0.1, 0.15) is 35.1 Å². The summed E-state index contributed by atoms with van der Waals surface area (Å²) in [4.78, 5) is 18.4. The molecule has 3 rings (SSSR count). The zero-order chi connectivity index (χ0) is 18.0. The largest absolute Gasteiger partial charge is 0.397 e. The Morgan fingerprint density at radius 2 is 2.08 bits per heavy atom.